The van der Waals surface area contributed by atoms with E-state index in [0.717, 1.165) is 12.8 Å². The molecule has 0 aliphatic rings. The average molecular weight is 267 g/mol. The van der Waals surface area contributed by atoms with Crippen LogP contribution in [-0.2, 0) is 4.74 Å². The molecule has 0 amide bonds. The maximum absolute atomic E-state index is 11.3. The van der Waals surface area contributed by atoms with E-state index < -0.39 is 12.1 Å². The van der Waals surface area contributed by atoms with E-state index in [-0.39, 0.29) is 11.6 Å². The predicted molar refractivity (Wildman–Crippen MR) is 71.9 cm³/mol. The Morgan fingerprint density at radius 3 is 2.68 bits per heavy atom. The lowest BCUT2D eigenvalue weighted by Gasteiger charge is -2.20. The molecular weight excluding hydrogens is 246 g/mol. The molecule has 106 valence electrons. The van der Waals surface area contributed by atoms with Crippen LogP contribution in [0.15, 0.2) is 12.4 Å². The molecule has 1 atom stereocenters. The number of aliphatic hydroxyl groups is 1. The number of aromatic nitrogens is 2. The molecule has 1 unspecified atom stereocenters. The molecule has 1 rings (SSSR count). The molecule has 0 fully saturated rings. The van der Waals surface area contributed by atoms with Crippen molar-refractivity contribution in [2.45, 2.75) is 32.8 Å². The van der Waals surface area contributed by atoms with Crippen molar-refractivity contribution in [1.29, 1.82) is 0 Å². The average Bonchev–Trinajstić information content (AvgIpc) is 2.45. The molecule has 6 heteroatoms. The van der Waals surface area contributed by atoms with Gasteiger partial charge in [0.05, 0.1) is 25.6 Å². The van der Waals surface area contributed by atoms with Gasteiger partial charge in [-0.05, 0) is 5.92 Å². The Morgan fingerprint density at radius 2 is 2.11 bits per heavy atom. The topological polar surface area (TPSA) is 84.3 Å². The number of nitrogens with one attached hydrogen (secondary N) is 1. The summed E-state index contributed by atoms with van der Waals surface area (Å²) in [4.78, 5) is 19.3. The zero-order chi connectivity index (χ0) is 14.3. The minimum atomic E-state index is -0.531. The molecule has 0 aliphatic heterocycles. The number of carbonyl (C=O) groups is 1. The summed E-state index contributed by atoms with van der Waals surface area (Å²) in [5.41, 5.74) is 0.143. The van der Waals surface area contributed by atoms with E-state index in [1.165, 1.54) is 19.5 Å². The third-order valence-corrected chi connectivity index (χ3v) is 3.11. The van der Waals surface area contributed by atoms with Crippen molar-refractivity contribution >= 4 is 11.8 Å². The first-order valence-electron chi connectivity index (χ1n) is 6.44. The molecule has 1 aromatic rings. The molecule has 6 nitrogen and oxygen atoms in total. The fraction of sp³-hybridized carbons (Fsp3) is 0.615. The highest BCUT2D eigenvalue weighted by atomic mass is 16.5. The lowest BCUT2D eigenvalue weighted by molar-refractivity contribution is 0.0593. The summed E-state index contributed by atoms with van der Waals surface area (Å²) in [6.45, 7) is 4.48. The highest BCUT2D eigenvalue weighted by Crippen LogP contribution is 2.13. The highest BCUT2D eigenvalue weighted by molar-refractivity contribution is 5.87. The molecule has 1 aromatic heterocycles. The standard InChI is InChI=1S/C13H21N3O3/c1-4-9(5-2)11(17)7-15-12-8-14-6-10(16-12)13(18)19-3/h6,8-9,11,17H,4-5,7H2,1-3H3,(H,15,16). The van der Waals surface area contributed by atoms with E-state index in [4.69, 9.17) is 0 Å². The largest absolute Gasteiger partial charge is 0.464 e. The van der Waals surface area contributed by atoms with Gasteiger partial charge in [-0.15, -0.1) is 0 Å². The zero-order valence-corrected chi connectivity index (χ0v) is 11.6. The minimum Gasteiger partial charge on any atom is -0.464 e. The van der Waals surface area contributed by atoms with Crippen molar-refractivity contribution in [3.8, 4) is 0 Å². The second kappa shape index (κ2) is 7.68. The van der Waals surface area contributed by atoms with E-state index in [9.17, 15) is 9.90 Å². The van der Waals surface area contributed by atoms with Gasteiger partial charge < -0.3 is 15.2 Å². The van der Waals surface area contributed by atoms with Crippen LogP contribution >= 0.6 is 0 Å². The van der Waals surface area contributed by atoms with Gasteiger partial charge in [0, 0.05) is 6.54 Å². The summed E-state index contributed by atoms with van der Waals surface area (Å²) in [5.74, 6) is 0.175. The van der Waals surface area contributed by atoms with Gasteiger partial charge in [-0.25, -0.2) is 9.78 Å². The van der Waals surface area contributed by atoms with E-state index >= 15 is 0 Å². The van der Waals surface area contributed by atoms with Gasteiger partial charge in [-0.3, -0.25) is 4.98 Å². The van der Waals surface area contributed by atoms with Crippen LogP contribution in [-0.4, -0.2) is 40.8 Å². The van der Waals surface area contributed by atoms with Crippen LogP contribution in [0.25, 0.3) is 0 Å². The Morgan fingerprint density at radius 1 is 1.42 bits per heavy atom. The number of esters is 1. The maximum Gasteiger partial charge on any atom is 0.358 e. The van der Waals surface area contributed by atoms with Crippen LogP contribution < -0.4 is 5.32 Å². The van der Waals surface area contributed by atoms with E-state index in [0.29, 0.717) is 12.4 Å². The summed E-state index contributed by atoms with van der Waals surface area (Å²) in [7, 11) is 1.29. The Bertz CT molecular complexity index is 408. The van der Waals surface area contributed by atoms with Crippen molar-refractivity contribution in [2.75, 3.05) is 19.0 Å². The van der Waals surface area contributed by atoms with Crippen LogP contribution in [0.3, 0.4) is 0 Å². The number of aliphatic hydroxyl groups excluding tert-OH is 1. The van der Waals surface area contributed by atoms with Crippen molar-refractivity contribution in [3.05, 3.63) is 18.1 Å². The third kappa shape index (κ3) is 4.48. The molecule has 0 saturated carbocycles. The fourth-order valence-corrected chi connectivity index (χ4v) is 1.86. The molecule has 19 heavy (non-hydrogen) atoms. The van der Waals surface area contributed by atoms with Crippen LogP contribution in [0.4, 0.5) is 5.82 Å². The summed E-state index contributed by atoms with van der Waals surface area (Å²) in [6, 6.07) is 0. The molecule has 0 aromatic carbocycles. The van der Waals surface area contributed by atoms with Crippen LogP contribution in [0.5, 0.6) is 0 Å². The molecule has 0 radical (unpaired) electrons. The number of nitrogens with zero attached hydrogens (tertiary/aromatic N) is 2. The van der Waals surface area contributed by atoms with Crippen LogP contribution in [0.2, 0.25) is 0 Å². The van der Waals surface area contributed by atoms with Crippen LogP contribution in [0, 0.1) is 5.92 Å². The quantitative estimate of drug-likeness (QED) is 0.728. The first kappa shape index (κ1) is 15.4. The molecular formula is C13H21N3O3. The molecule has 0 bridgehead atoms. The van der Waals surface area contributed by atoms with E-state index in [1.54, 1.807) is 0 Å². The second-order valence-corrected chi connectivity index (χ2v) is 4.31. The number of methoxy groups -OCH3 is 1. The van der Waals surface area contributed by atoms with E-state index in [1.807, 2.05) is 0 Å². The van der Waals surface area contributed by atoms with Gasteiger partial charge in [0.25, 0.3) is 0 Å². The zero-order valence-electron chi connectivity index (χ0n) is 11.6. The summed E-state index contributed by atoms with van der Waals surface area (Å²) in [6.07, 6.45) is 4.25. The highest BCUT2D eigenvalue weighted by Gasteiger charge is 2.15. The SMILES string of the molecule is CCC(CC)C(O)CNc1cncc(C(=O)OC)n1. The first-order valence-corrected chi connectivity index (χ1v) is 6.44. The lowest BCUT2D eigenvalue weighted by Crippen LogP contribution is -2.28. The van der Waals surface area contributed by atoms with Crippen LogP contribution in [0.1, 0.15) is 37.2 Å². The van der Waals surface area contributed by atoms with Crippen molar-refractivity contribution in [2.24, 2.45) is 5.92 Å². The number of hydrogen-bond acceptors (Lipinski definition) is 6. The Hall–Kier alpha value is -1.69. The summed E-state index contributed by atoms with van der Waals surface area (Å²) >= 11 is 0. The third-order valence-electron chi connectivity index (χ3n) is 3.11. The Balaban J connectivity index is 2.60. The number of ether oxygens (including phenoxy) is 1. The second-order valence-electron chi connectivity index (χ2n) is 4.31. The van der Waals surface area contributed by atoms with Crippen molar-refractivity contribution in [3.63, 3.8) is 0 Å². The van der Waals surface area contributed by atoms with E-state index in [2.05, 4.69) is 33.9 Å². The summed E-state index contributed by atoms with van der Waals surface area (Å²) < 4.78 is 4.57. The first-order chi connectivity index (χ1) is 9.12. The molecule has 2 N–H and O–H groups in total. The van der Waals surface area contributed by atoms with Gasteiger partial charge in [-0.2, -0.15) is 0 Å². The monoisotopic (exact) mass is 267 g/mol. The van der Waals surface area contributed by atoms with Gasteiger partial charge in [-0.1, -0.05) is 26.7 Å². The molecule has 0 saturated heterocycles. The molecule has 0 spiro atoms. The number of carbonyl (C=O) groups excluding carboxylic acids is 1. The smallest absolute Gasteiger partial charge is 0.358 e. The lowest BCUT2D eigenvalue weighted by atomic mass is 9.97. The maximum atomic E-state index is 11.3. The predicted octanol–water partition coefficient (Wildman–Crippen LogP) is 1.47. The summed E-state index contributed by atoms with van der Waals surface area (Å²) in [5, 5.41) is 13.0. The molecule has 0 aliphatic carbocycles. The Kier molecular flexibility index (Phi) is 6.21. The fourth-order valence-electron chi connectivity index (χ4n) is 1.86. The van der Waals surface area contributed by atoms with Gasteiger partial charge in [0.2, 0.25) is 0 Å². The number of hydrogen-bond donors (Lipinski definition) is 2. The Labute approximate surface area is 113 Å². The van der Waals surface area contributed by atoms with Crippen molar-refractivity contribution in [1.82, 2.24) is 9.97 Å². The van der Waals surface area contributed by atoms with Gasteiger partial charge >= 0.3 is 5.97 Å². The van der Waals surface area contributed by atoms with Gasteiger partial charge in [0.15, 0.2) is 5.69 Å². The normalized spacial score (nSPS) is 12.3. The van der Waals surface area contributed by atoms with Gasteiger partial charge in [0.1, 0.15) is 5.82 Å². The molecule has 1 heterocycles. The number of rotatable bonds is 7. The minimum absolute atomic E-state index is 0.143. The van der Waals surface area contributed by atoms with Crippen molar-refractivity contribution < 1.29 is 14.6 Å². The number of anilines is 1.